The van der Waals surface area contributed by atoms with Crippen molar-refractivity contribution < 1.29 is 13.3 Å². The number of carbonyl (C=O) groups is 1. The van der Waals surface area contributed by atoms with Crippen LogP contribution < -0.4 is 10.2 Å². The number of piperidine rings is 1. The van der Waals surface area contributed by atoms with Gasteiger partial charge in [-0.15, -0.1) is 5.10 Å². The van der Waals surface area contributed by atoms with Crippen molar-refractivity contribution in [3.8, 4) is 11.3 Å². The Kier molecular flexibility index (Phi) is 4.71. The van der Waals surface area contributed by atoms with Crippen LogP contribution >= 0.6 is 0 Å². The number of hydrogen-bond acceptors (Lipinski definition) is 5. The summed E-state index contributed by atoms with van der Waals surface area (Å²) < 4.78 is 38.5. The number of amides is 1. The Bertz CT molecular complexity index is 1430. The minimum absolute atomic E-state index is 0.0973. The first-order valence-corrected chi connectivity index (χ1v) is 10.9. The van der Waals surface area contributed by atoms with Gasteiger partial charge in [-0.05, 0) is 55.5 Å². The van der Waals surface area contributed by atoms with Gasteiger partial charge in [-0.25, -0.2) is 9.37 Å². The quantitative estimate of drug-likeness (QED) is 0.514. The molecule has 0 aliphatic carbocycles. The Hall–Kier alpha value is -3.65. The van der Waals surface area contributed by atoms with Crippen molar-refractivity contribution in [3.05, 3.63) is 71.8 Å². The molecule has 4 aromatic rings. The van der Waals surface area contributed by atoms with Gasteiger partial charge in [0.25, 0.3) is 5.91 Å². The zero-order valence-corrected chi connectivity index (χ0v) is 18.1. The molecule has 0 spiro atoms. The number of nitrogens with zero attached hydrogens (tertiary/aromatic N) is 5. The summed E-state index contributed by atoms with van der Waals surface area (Å²) in [7, 11) is 0. The van der Waals surface area contributed by atoms with E-state index in [1.165, 1.54) is 18.3 Å². The van der Waals surface area contributed by atoms with Crippen LogP contribution in [0.1, 0.15) is 32.9 Å². The van der Waals surface area contributed by atoms with E-state index in [1.54, 1.807) is 17.2 Å². The predicted octanol–water partition coefficient (Wildman–Crippen LogP) is 3.88. The SMILES string of the molecule is [2H]C([2H])([2H])n1cc(-c2ccc(C(=O)N(c3nccc4cccc(C)c34)[C@@H]3CCCNC3)c(F)c2)nn1. The summed E-state index contributed by atoms with van der Waals surface area (Å²) in [4.78, 5) is 20.1. The van der Waals surface area contributed by atoms with Gasteiger partial charge in [0.1, 0.15) is 17.3 Å². The molecular formula is C25H25FN6O. The molecule has 1 amide bonds. The highest BCUT2D eigenvalue weighted by Gasteiger charge is 2.31. The fourth-order valence-electron chi connectivity index (χ4n) is 4.43. The highest BCUT2D eigenvalue weighted by atomic mass is 19.1. The Morgan fingerprint density at radius 3 is 2.97 bits per heavy atom. The van der Waals surface area contributed by atoms with Gasteiger partial charge in [0.15, 0.2) is 0 Å². The normalized spacial score (nSPS) is 17.9. The highest BCUT2D eigenvalue weighted by molar-refractivity contribution is 6.11. The second kappa shape index (κ2) is 8.71. The summed E-state index contributed by atoms with van der Waals surface area (Å²) in [6.45, 7) is 0.920. The number of carbonyl (C=O) groups excluding carboxylic acids is 1. The molecule has 1 saturated heterocycles. The van der Waals surface area contributed by atoms with E-state index < -0.39 is 18.7 Å². The third-order valence-electron chi connectivity index (χ3n) is 6.05. The number of nitrogens with one attached hydrogen (secondary N) is 1. The maximum atomic E-state index is 15.4. The molecule has 1 aliphatic rings. The second-order valence-electron chi connectivity index (χ2n) is 8.23. The Morgan fingerprint density at radius 2 is 2.21 bits per heavy atom. The van der Waals surface area contributed by atoms with E-state index in [1.807, 2.05) is 31.2 Å². The zero-order valence-electron chi connectivity index (χ0n) is 21.1. The lowest BCUT2D eigenvalue weighted by Crippen LogP contribution is -2.49. The van der Waals surface area contributed by atoms with Gasteiger partial charge in [-0.1, -0.05) is 29.5 Å². The minimum Gasteiger partial charge on any atom is -0.315 e. The number of rotatable bonds is 4. The molecule has 0 unspecified atom stereocenters. The van der Waals surface area contributed by atoms with E-state index in [4.69, 9.17) is 4.11 Å². The molecule has 33 heavy (non-hydrogen) atoms. The fourth-order valence-corrected chi connectivity index (χ4v) is 4.43. The number of pyridine rings is 1. The Labute approximate surface area is 195 Å². The van der Waals surface area contributed by atoms with E-state index in [-0.39, 0.29) is 17.3 Å². The number of halogens is 1. The maximum Gasteiger partial charge on any atom is 0.262 e. The summed E-state index contributed by atoms with van der Waals surface area (Å²) in [6.07, 6.45) is 4.55. The standard InChI is InChI=1S/C25H25FN6O/c1-16-5-3-6-17-10-12-28-24(23(16)17)32(19-7-4-11-27-14-19)25(33)20-9-8-18(13-21(20)26)22-15-31(2)30-29-22/h3,5-6,8-10,12-13,15,19,27H,4,7,11,14H2,1-2H3/t19-/m1/s1/i2D3. The van der Waals surface area contributed by atoms with Crippen molar-refractivity contribution in [1.82, 2.24) is 25.3 Å². The van der Waals surface area contributed by atoms with Crippen LogP contribution in [0.5, 0.6) is 0 Å². The van der Waals surface area contributed by atoms with Crippen LogP contribution in [-0.4, -0.2) is 45.0 Å². The van der Waals surface area contributed by atoms with Crippen molar-refractivity contribution in [1.29, 1.82) is 0 Å². The monoisotopic (exact) mass is 447 g/mol. The maximum absolute atomic E-state index is 15.4. The predicted molar refractivity (Wildman–Crippen MR) is 126 cm³/mol. The van der Waals surface area contributed by atoms with Gasteiger partial charge in [0, 0.05) is 34.8 Å². The topological polar surface area (TPSA) is 75.9 Å². The number of aromatic nitrogens is 4. The van der Waals surface area contributed by atoms with Gasteiger partial charge >= 0.3 is 0 Å². The summed E-state index contributed by atoms with van der Waals surface area (Å²) in [5.41, 5.74) is 1.40. The molecule has 1 aliphatic heterocycles. The molecule has 1 atom stereocenters. The first kappa shape index (κ1) is 17.9. The third kappa shape index (κ3) is 3.98. The second-order valence-corrected chi connectivity index (χ2v) is 8.23. The summed E-state index contributed by atoms with van der Waals surface area (Å²) >= 11 is 0. The molecule has 2 aromatic carbocycles. The molecular weight excluding hydrogens is 419 g/mol. The van der Waals surface area contributed by atoms with Gasteiger partial charge in [0.05, 0.1) is 17.8 Å². The average Bonchev–Trinajstić information content (AvgIpc) is 3.36. The smallest absolute Gasteiger partial charge is 0.262 e. The van der Waals surface area contributed by atoms with Gasteiger partial charge in [0.2, 0.25) is 0 Å². The summed E-state index contributed by atoms with van der Waals surface area (Å²) in [6, 6.07) is 11.7. The van der Waals surface area contributed by atoms with E-state index >= 15 is 4.39 Å². The third-order valence-corrected chi connectivity index (χ3v) is 6.05. The number of fused-ring (bicyclic) bond motifs is 1. The first-order chi connectivity index (χ1) is 17.2. The largest absolute Gasteiger partial charge is 0.315 e. The molecule has 1 fully saturated rings. The van der Waals surface area contributed by atoms with Crippen molar-refractivity contribution in [3.63, 3.8) is 0 Å². The molecule has 2 aromatic heterocycles. The van der Waals surface area contributed by atoms with Crippen molar-refractivity contribution in [2.45, 2.75) is 25.8 Å². The molecule has 168 valence electrons. The Balaban J connectivity index is 1.56. The minimum atomic E-state index is -2.49. The van der Waals surface area contributed by atoms with Crippen molar-refractivity contribution in [2.75, 3.05) is 18.0 Å². The van der Waals surface area contributed by atoms with Crippen LogP contribution in [0, 0.1) is 12.7 Å². The highest BCUT2D eigenvalue weighted by Crippen LogP contribution is 2.32. The molecule has 5 rings (SSSR count). The Morgan fingerprint density at radius 1 is 1.30 bits per heavy atom. The summed E-state index contributed by atoms with van der Waals surface area (Å²) in [5.74, 6) is -0.706. The molecule has 0 bridgehead atoms. The van der Waals surface area contributed by atoms with Gasteiger partial charge < -0.3 is 5.32 Å². The lowest BCUT2D eigenvalue weighted by Gasteiger charge is -2.35. The molecule has 0 radical (unpaired) electrons. The van der Waals surface area contributed by atoms with E-state index in [0.717, 1.165) is 40.4 Å². The molecule has 1 N–H and O–H groups in total. The lowest BCUT2D eigenvalue weighted by atomic mass is 10.0. The van der Waals surface area contributed by atoms with Crippen LogP contribution in [0.25, 0.3) is 22.0 Å². The average molecular weight is 448 g/mol. The van der Waals surface area contributed by atoms with Crippen LogP contribution in [0.4, 0.5) is 10.2 Å². The number of anilines is 1. The number of benzene rings is 2. The van der Waals surface area contributed by atoms with Crippen LogP contribution in [0.3, 0.4) is 0 Å². The zero-order chi connectivity index (χ0) is 25.4. The number of aryl methyl sites for hydroxylation is 2. The summed E-state index contributed by atoms with van der Waals surface area (Å²) in [5, 5.41) is 12.6. The van der Waals surface area contributed by atoms with Crippen molar-refractivity contribution in [2.24, 2.45) is 6.98 Å². The molecule has 8 heteroatoms. The number of hydrogen-bond donors (Lipinski definition) is 1. The van der Waals surface area contributed by atoms with Gasteiger partial charge in [-0.3, -0.25) is 14.4 Å². The van der Waals surface area contributed by atoms with Crippen molar-refractivity contribution >= 4 is 22.5 Å². The van der Waals surface area contributed by atoms with E-state index in [9.17, 15) is 4.79 Å². The van der Waals surface area contributed by atoms with E-state index in [2.05, 4.69) is 20.6 Å². The van der Waals surface area contributed by atoms with Crippen LogP contribution in [0.2, 0.25) is 0 Å². The molecule has 7 nitrogen and oxygen atoms in total. The first-order valence-electron chi connectivity index (χ1n) is 12.4. The van der Waals surface area contributed by atoms with Gasteiger partial charge in [-0.2, -0.15) is 0 Å². The molecule has 3 heterocycles. The van der Waals surface area contributed by atoms with Crippen LogP contribution in [-0.2, 0) is 6.98 Å². The lowest BCUT2D eigenvalue weighted by molar-refractivity contribution is 0.0968. The van der Waals surface area contributed by atoms with Crippen LogP contribution in [0.15, 0.2) is 54.9 Å². The van der Waals surface area contributed by atoms with E-state index in [0.29, 0.717) is 17.9 Å². The fraction of sp³-hybridized carbons (Fsp3) is 0.280. The molecule has 0 saturated carbocycles.